The van der Waals surface area contributed by atoms with Crippen molar-refractivity contribution in [3.05, 3.63) is 29.8 Å². The quantitative estimate of drug-likeness (QED) is 0.887. The molecule has 0 saturated heterocycles. The first-order valence-corrected chi connectivity index (χ1v) is 7.66. The summed E-state index contributed by atoms with van der Waals surface area (Å²) in [5, 5.41) is 0. The molecule has 106 valence electrons. The monoisotopic (exact) mass is 260 g/mol. The summed E-state index contributed by atoms with van der Waals surface area (Å²) in [6.07, 6.45) is 6.67. The molecule has 2 nitrogen and oxygen atoms in total. The molecule has 0 aromatic heterocycles. The molecule has 2 rings (SSSR count). The van der Waals surface area contributed by atoms with Gasteiger partial charge in [0.2, 0.25) is 0 Å². The zero-order valence-corrected chi connectivity index (χ0v) is 12.6. The summed E-state index contributed by atoms with van der Waals surface area (Å²) < 4.78 is 0. The van der Waals surface area contributed by atoms with Gasteiger partial charge in [-0.25, -0.2) is 0 Å². The zero-order chi connectivity index (χ0) is 13.8. The van der Waals surface area contributed by atoms with E-state index in [4.69, 9.17) is 5.73 Å². The van der Waals surface area contributed by atoms with Crippen molar-refractivity contribution >= 4 is 5.69 Å². The van der Waals surface area contributed by atoms with Crippen molar-refractivity contribution in [3.63, 3.8) is 0 Å². The molecule has 0 aliphatic heterocycles. The smallest absolute Gasteiger partial charge is 0.0364 e. The van der Waals surface area contributed by atoms with Gasteiger partial charge in [-0.15, -0.1) is 0 Å². The molecule has 0 bridgehead atoms. The van der Waals surface area contributed by atoms with E-state index in [9.17, 15) is 0 Å². The Kier molecular flexibility index (Phi) is 4.87. The predicted molar refractivity (Wildman–Crippen MR) is 83.4 cm³/mol. The van der Waals surface area contributed by atoms with E-state index in [0.29, 0.717) is 5.92 Å². The zero-order valence-electron chi connectivity index (χ0n) is 12.6. The largest absolute Gasteiger partial charge is 0.378 e. The summed E-state index contributed by atoms with van der Waals surface area (Å²) in [6, 6.07) is 8.93. The lowest BCUT2D eigenvalue weighted by Crippen LogP contribution is -2.30. The van der Waals surface area contributed by atoms with E-state index in [-0.39, 0.29) is 6.04 Å². The van der Waals surface area contributed by atoms with Crippen LogP contribution in [0.5, 0.6) is 0 Å². The maximum atomic E-state index is 6.59. The van der Waals surface area contributed by atoms with Crippen molar-refractivity contribution in [2.75, 3.05) is 19.0 Å². The van der Waals surface area contributed by atoms with Crippen LogP contribution in [0.2, 0.25) is 0 Å². The lowest BCUT2D eigenvalue weighted by atomic mass is 9.72. The second kappa shape index (κ2) is 6.42. The molecule has 1 fully saturated rings. The first kappa shape index (κ1) is 14.4. The number of hydrogen-bond donors (Lipinski definition) is 1. The molecule has 0 amide bonds. The van der Waals surface area contributed by atoms with Gasteiger partial charge in [-0.2, -0.15) is 0 Å². The van der Waals surface area contributed by atoms with Crippen molar-refractivity contribution in [1.29, 1.82) is 0 Å². The van der Waals surface area contributed by atoms with Crippen LogP contribution < -0.4 is 10.6 Å². The average molecular weight is 260 g/mol. The Morgan fingerprint density at radius 2 is 2.00 bits per heavy atom. The highest BCUT2D eigenvalue weighted by molar-refractivity contribution is 5.47. The summed E-state index contributed by atoms with van der Waals surface area (Å²) >= 11 is 0. The van der Waals surface area contributed by atoms with Crippen LogP contribution >= 0.6 is 0 Å². The number of rotatable bonds is 4. The van der Waals surface area contributed by atoms with Gasteiger partial charge in [0, 0.05) is 25.8 Å². The van der Waals surface area contributed by atoms with Crippen LogP contribution in [0.25, 0.3) is 0 Å². The Hall–Kier alpha value is -1.02. The van der Waals surface area contributed by atoms with Crippen LogP contribution in [0.3, 0.4) is 0 Å². The Labute approximate surface area is 118 Å². The highest BCUT2D eigenvalue weighted by Gasteiger charge is 2.29. The van der Waals surface area contributed by atoms with Crippen LogP contribution in [0, 0.1) is 11.8 Å². The minimum atomic E-state index is 0.199. The van der Waals surface area contributed by atoms with Gasteiger partial charge < -0.3 is 10.6 Å². The van der Waals surface area contributed by atoms with Gasteiger partial charge in [0.15, 0.2) is 0 Å². The fourth-order valence-electron chi connectivity index (χ4n) is 3.47. The van der Waals surface area contributed by atoms with Crippen LogP contribution in [0.4, 0.5) is 5.69 Å². The molecule has 1 saturated carbocycles. The summed E-state index contributed by atoms with van der Waals surface area (Å²) in [5.74, 6) is 1.47. The highest BCUT2D eigenvalue weighted by atomic mass is 15.1. The Morgan fingerprint density at radius 3 is 2.68 bits per heavy atom. The second-order valence-corrected chi connectivity index (χ2v) is 6.13. The van der Waals surface area contributed by atoms with E-state index in [2.05, 4.69) is 50.2 Å². The molecule has 2 N–H and O–H groups in total. The van der Waals surface area contributed by atoms with E-state index in [1.807, 2.05) is 0 Å². The molecule has 1 aromatic carbocycles. The van der Waals surface area contributed by atoms with Crippen molar-refractivity contribution in [2.45, 2.75) is 45.1 Å². The molecular formula is C17H28N2. The summed E-state index contributed by atoms with van der Waals surface area (Å²) in [6.45, 7) is 2.31. The van der Waals surface area contributed by atoms with Gasteiger partial charge >= 0.3 is 0 Å². The van der Waals surface area contributed by atoms with E-state index >= 15 is 0 Å². The third-order valence-corrected chi connectivity index (χ3v) is 4.73. The maximum Gasteiger partial charge on any atom is 0.0364 e. The minimum Gasteiger partial charge on any atom is -0.378 e. The molecule has 3 unspecified atom stereocenters. The number of nitrogens with two attached hydrogens (primary N) is 1. The molecule has 1 aliphatic carbocycles. The molecular weight excluding hydrogens is 232 g/mol. The number of nitrogens with zero attached hydrogens (tertiary/aromatic N) is 1. The molecule has 1 aromatic rings. The SMILES string of the molecule is CCC1CCCCC1C(N)c1cccc(N(C)C)c1. The number of benzene rings is 1. The molecule has 1 aliphatic rings. The van der Waals surface area contributed by atoms with Crippen molar-refractivity contribution in [2.24, 2.45) is 17.6 Å². The minimum absolute atomic E-state index is 0.199. The molecule has 2 heteroatoms. The Morgan fingerprint density at radius 1 is 1.26 bits per heavy atom. The number of anilines is 1. The van der Waals surface area contributed by atoms with Gasteiger partial charge in [0.05, 0.1) is 0 Å². The van der Waals surface area contributed by atoms with E-state index in [1.54, 1.807) is 0 Å². The fraction of sp³-hybridized carbons (Fsp3) is 0.647. The summed E-state index contributed by atoms with van der Waals surface area (Å²) in [4.78, 5) is 2.15. The number of hydrogen-bond acceptors (Lipinski definition) is 2. The van der Waals surface area contributed by atoms with E-state index in [1.165, 1.54) is 43.4 Å². The lowest BCUT2D eigenvalue weighted by molar-refractivity contribution is 0.196. The van der Waals surface area contributed by atoms with Crippen molar-refractivity contribution in [1.82, 2.24) is 0 Å². The normalized spacial score (nSPS) is 25.1. The Bertz CT molecular complexity index is 400. The first-order valence-electron chi connectivity index (χ1n) is 7.66. The standard InChI is InChI=1S/C17H28N2/c1-4-13-8-5-6-11-16(13)17(18)14-9-7-10-15(12-14)19(2)3/h7,9-10,12-13,16-17H,4-6,8,11,18H2,1-3H3. The summed E-state index contributed by atoms with van der Waals surface area (Å²) in [7, 11) is 4.17. The fourth-order valence-corrected chi connectivity index (χ4v) is 3.47. The van der Waals surface area contributed by atoms with E-state index < -0.39 is 0 Å². The highest BCUT2D eigenvalue weighted by Crippen LogP contribution is 2.39. The molecule has 0 spiro atoms. The van der Waals surface area contributed by atoms with Crippen LogP contribution in [-0.2, 0) is 0 Å². The van der Waals surface area contributed by atoms with Gasteiger partial charge in [-0.3, -0.25) is 0 Å². The molecule has 0 heterocycles. The lowest BCUT2D eigenvalue weighted by Gasteiger charge is -2.35. The van der Waals surface area contributed by atoms with Crippen molar-refractivity contribution in [3.8, 4) is 0 Å². The van der Waals surface area contributed by atoms with Gasteiger partial charge in [0.1, 0.15) is 0 Å². The maximum absolute atomic E-state index is 6.59. The Balaban J connectivity index is 2.17. The van der Waals surface area contributed by atoms with Crippen LogP contribution in [0.15, 0.2) is 24.3 Å². The molecule has 19 heavy (non-hydrogen) atoms. The van der Waals surface area contributed by atoms with Crippen LogP contribution in [0.1, 0.15) is 50.6 Å². The molecule has 3 atom stereocenters. The first-order chi connectivity index (χ1) is 9.13. The third kappa shape index (κ3) is 3.30. The average Bonchev–Trinajstić information content (AvgIpc) is 2.46. The van der Waals surface area contributed by atoms with Gasteiger partial charge in [-0.1, -0.05) is 44.7 Å². The third-order valence-electron chi connectivity index (χ3n) is 4.73. The van der Waals surface area contributed by atoms with Gasteiger partial charge in [-0.05, 0) is 36.0 Å². The van der Waals surface area contributed by atoms with Crippen LogP contribution in [-0.4, -0.2) is 14.1 Å². The predicted octanol–water partition coefficient (Wildman–Crippen LogP) is 3.97. The topological polar surface area (TPSA) is 29.3 Å². The second-order valence-electron chi connectivity index (χ2n) is 6.13. The summed E-state index contributed by atoms with van der Waals surface area (Å²) in [5.41, 5.74) is 9.14. The van der Waals surface area contributed by atoms with E-state index in [0.717, 1.165) is 5.92 Å². The van der Waals surface area contributed by atoms with Gasteiger partial charge in [0.25, 0.3) is 0 Å². The van der Waals surface area contributed by atoms with Crippen molar-refractivity contribution < 1.29 is 0 Å². The molecule has 0 radical (unpaired) electrons.